The summed E-state index contributed by atoms with van der Waals surface area (Å²) < 4.78 is 43.4. The molecule has 0 saturated carbocycles. The molecule has 1 heterocycles. The van der Waals surface area contributed by atoms with Gasteiger partial charge in [-0.05, 0) is 30.7 Å². The maximum Gasteiger partial charge on any atom is 0.416 e. The van der Waals surface area contributed by atoms with Crippen LogP contribution in [0.5, 0.6) is 0 Å². The predicted octanol–water partition coefficient (Wildman–Crippen LogP) is 4.38. The topological polar surface area (TPSA) is 39.2 Å². The Morgan fingerprint density at radius 3 is 2.58 bits per heavy atom. The summed E-state index contributed by atoms with van der Waals surface area (Å²) in [5.41, 5.74) is 5.51. The lowest BCUT2D eigenvalue weighted by molar-refractivity contribution is -0.137. The van der Waals surface area contributed by atoms with Gasteiger partial charge < -0.3 is 10.2 Å². The van der Waals surface area contributed by atoms with E-state index in [2.05, 4.69) is 0 Å². The molecule has 102 valence electrons. The number of hydrogen-bond donors (Lipinski definition) is 1. The predicted molar refractivity (Wildman–Crippen MR) is 66.4 cm³/mol. The average Bonchev–Trinajstić information content (AvgIpc) is 2.86. The molecule has 0 fully saturated rings. The van der Waals surface area contributed by atoms with Crippen LogP contribution < -0.4 is 5.73 Å². The van der Waals surface area contributed by atoms with Crippen LogP contribution >= 0.6 is 0 Å². The molecule has 0 saturated heterocycles. The maximum absolute atomic E-state index is 12.6. The molecular formula is C14H14F3NO. The first kappa shape index (κ1) is 13.7. The van der Waals surface area contributed by atoms with Gasteiger partial charge in [-0.2, -0.15) is 13.2 Å². The SMILES string of the molecule is CCC(N)c1ccc(-c2cccc(C(F)(F)F)c2)o1. The van der Waals surface area contributed by atoms with Crippen LogP contribution in [0.15, 0.2) is 40.8 Å². The normalized spacial score (nSPS) is 13.5. The summed E-state index contributed by atoms with van der Waals surface area (Å²) in [6.07, 6.45) is -3.65. The van der Waals surface area contributed by atoms with Gasteiger partial charge in [-0.3, -0.25) is 0 Å². The smallest absolute Gasteiger partial charge is 0.416 e. The fraction of sp³-hybridized carbons (Fsp3) is 0.286. The van der Waals surface area contributed by atoms with Crippen molar-refractivity contribution in [3.63, 3.8) is 0 Å². The number of alkyl halides is 3. The number of rotatable bonds is 3. The standard InChI is InChI=1S/C14H14F3NO/c1-2-11(18)13-7-6-12(19-13)9-4-3-5-10(8-9)14(15,16)17/h3-8,11H,2,18H2,1H3. The van der Waals surface area contributed by atoms with Gasteiger partial charge >= 0.3 is 6.18 Å². The molecule has 0 amide bonds. The molecule has 1 atom stereocenters. The Morgan fingerprint density at radius 1 is 1.21 bits per heavy atom. The van der Waals surface area contributed by atoms with E-state index in [0.29, 0.717) is 23.5 Å². The van der Waals surface area contributed by atoms with Crippen molar-refractivity contribution < 1.29 is 17.6 Å². The molecule has 0 aliphatic rings. The van der Waals surface area contributed by atoms with Gasteiger partial charge in [0.1, 0.15) is 11.5 Å². The average molecular weight is 269 g/mol. The lowest BCUT2D eigenvalue weighted by atomic mass is 10.1. The minimum Gasteiger partial charge on any atom is -0.459 e. The van der Waals surface area contributed by atoms with Crippen LogP contribution in [0.1, 0.15) is 30.7 Å². The highest BCUT2D eigenvalue weighted by molar-refractivity contribution is 5.59. The van der Waals surface area contributed by atoms with Crippen molar-refractivity contribution in [3.8, 4) is 11.3 Å². The van der Waals surface area contributed by atoms with Gasteiger partial charge in [0.15, 0.2) is 0 Å². The largest absolute Gasteiger partial charge is 0.459 e. The first-order valence-electron chi connectivity index (χ1n) is 5.94. The minimum absolute atomic E-state index is 0.237. The molecule has 2 N–H and O–H groups in total. The molecule has 1 aromatic heterocycles. The molecule has 2 rings (SSSR count). The van der Waals surface area contributed by atoms with Crippen molar-refractivity contribution >= 4 is 0 Å². The molecule has 2 nitrogen and oxygen atoms in total. The van der Waals surface area contributed by atoms with E-state index in [9.17, 15) is 13.2 Å². The number of halogens is 3. The van der Waals surface area contributed by atoms with Crippen molar-refractivity contribution in [2.75, 3.05) is 0 Å². The zero-order valence-corrected chi connectivity index (χ0v) is 10.4. The Hall–Kier alpha value is -1.75. The number of nitrogens with two attached hydrogens (primary N) is 1. The van der Waals surface area contributed by atoms with Gasteiger partial charge in [0, 0.05) is 5.56 Å². The van der Waals surface area contributed by atoms with E-state index in [1.807, 2.05) is 6.92 Å². The van der Waals surface area contributed by atoms with Gasteiger partial charge in [0.2, 0.25) is 0 Å². The number of benzene rings is 1. The highest BCUT2D eigenvalue weighted by Crippen LogP contribution is 2.33. The molecule has 1 aromatic carbocycles. The first-order chi connectivity index (χ1) is 8.91. The quantitative estimate of drug-likeness (QED) is 0.898. The van der Waals surface area contributed by atoms with E-state index in [1.165, 1.54) is 6.07 Å². The lowest BCUT2D eigenvalue weighted by Gasteiger charge is -2.08. The molecule has 19 heavy (non-hydrogen) atoms. The molecule has 1 unspecified atom stereocenters. The summed E-state index contributed by atoms with van der Waals surface area (Å²) in [6.45, 7) is 1.91. The summed E-state index contributed by atoms with van der Waals surface area (Å²) >= 11 is 0. The van der Waals surface area contributed by atoms with E-state index in [-0.39, 0.29) is 6.04 Å². The van der Waals surface area contributed by atoms with Gasteiger partial charge in [-0.1, -0.05) is 19.1 Å². The van der Waals surface area contributed by atoms with Crippen molar-refractivity contribution in [1.29, 1.82) is 0 Å². The zero-order chi connectivity index (χ0) is 14.0. The third kappa shape index (κ3) is 2.98. The Kier molecular flexibility index (Phi) is 3.66. The zero-order valence-electron chi connectivity index (χ0n) is 10.4. The molecule has 0 bridgehead atoms. The molecule has 0 aliphatic carbocycles. The lowest BCUT2D eigenvalue weighted by Crippen LogP contribution is -2.06. The third-order valence-corrected chi connectivity index (χ3v) is 2.91. The highest BCUT2D eigenvalue weighted by atomic mass is 19.4. The van der Waals surface area contributed by atoms with Crippen LogP contribution in [0.4, 0.5) is 13.2 Å². The van der Waals surface area contributed by atoms with Crippen LogP contribution in [0, 0.1) is 0 Å². The van der Waals surface area contributed by atoms with Crippen molar-refractivity contribution in [2.24, 2.45) is 5.73 Å². The first-order valence-corrected chi connectivity index (χ1v) is 5.94. The number of hydrogen-bond acceptors (Lipinski definition) is 2. The number of furan rings is 1. The summed E-state index contributed by atoms with van der Waals surface area (Å²) in [6, 6.07) is 8.14. The van der Waals surface area contributed by atoms with E-state index >= 15 is 0 Å². The van der Waals surface area contributed by atoms with Crippen molar-refractivity contribution in [2.45, 2.75) is 25.6 Å². The second-order valence-corrected chi connectivity index (χ2v) is 4.30. The maximum atomic E-state index is 12.6. The molecule has 0 radical (unpaired) electrons. The summed E-state index contributed by atoms with van der Waals surface area (Å²) in [4.78, 5) is 0. The summed E-state index contributed by atoms with van der Waals surface area (Å²) in [7, 11) is 0. The molecular weight excluding hydrogens is 255 g/mol. The highest BCUT2D eigenvalue weighted by Gasteiger charge is 2.30. The Morgan fingerprint density at radius 2 is 1.95 bits per heavy atom. The van der Waals surface area contributed by atoms with E-state index in [4.69, 9.17) is 10.2 Å². The third-order valence-electron chi connectivity index (χ3n) is 2.91. The Balaban J connectivity index is 2.34. The summed E-state index contributed by atoms with van der Waals surface area (Å²) in [5, 5.41) is 0. The van der Waals surface area contributed by atoms with Crippen LogP contribution in [-0.2, 0) is 6.18 Å². The van der Waals surface area contributed by atoms with Crippen LogP contribution in [0.25, 0.3) is 11.3 Å². The van der Waals surface area contributed by atoms with Crippen LogP contribution in [-0.4, -0.2) is 0 Å². The van der Waals surface area contributed by atoms with Crippen molar-refractivity contribution in [3.05, 3.63) is 47.7 Å². The monoisotopic (exact) mass is 269 g/mol. The second-order valence-electron chi connectivity index (χ2n) is 4.30. The summed E-state index contributed by atoms with van der Waals surface area (Å²) in [5.74, 6) is 0.972. The second kappa shape index (κ2) is 5.09. The van der Waals surface area contributed by atoms with Crippen LogP contribution in [0.3, 0.4) is 0 Å². The Bertz CT molecular complexity index is 560. The van der Waals surface area contributed by atoms with Crippen LogP contribution in [0.2, 0.25) is 0 Å². The van der Waals surface area contributed by atoms with Gasteiger partial charge in [-0.25, -0.2) is 0 Å². The molecule has 0 aliphatic heterocycles. The Labute approximate surface area is 109 Å². The minimum atomic E-state index is -4.36. The van der Waals surface area contributed by atoms with E-state index < -0.39 is 11.7 Å². The fourth-order valence-electron chi connectivity index (χ4n) is 1.76. The molecule has 0 spiro atoms. The fourth-order valence-corrected chi connectivity index (χ4v) is 1.76. The van der Waals surface area contributed by atoms with Gasteiger partial charge in [-0.15, -0.1) is 0 Å². The van der Waals surface area contributed by atoms with Gasteiger partial charge in [0.05, 0.1) is 11.6 Å². The molecule has 2 aromatic rings. The molecule has 5 heteroatoms. The van der Waals surface area contributed by atoms with Crippen molar-refractivity contribution in [1.82, 2.24) is 0 Å². The van der Waals surface area contributed by atoms with Gasteiger partial charge in [0.25, 0.3) is 0 Å². The van der Waals surface area contributed by atoms with E-state index in [1.54, 1.807) is 18.2 Å². The van der Waals surface area contributed by atoms with E-state index in [0.717, 1.165) is 12.1 Å².